The summed E-state index contributed by atoms with van der Waals surface area (Å²) in [6, 6.07) is 12.9. The van der Waals surface area contributed by atoms with Gasteiger partial charge in [-0.05, 0) is 42.0 Å². The molecule has 0 aliphatic carbocycles. The smallest absolute Gasteiger partial charge is 0.387 e. The number of halogens is 2. The molecule has 0 saturated heterocycles. The van der Waals surface area contributed by atoms with E-state index < -0.39 is 22.5 Å². The highest BCUT2D eigenvalue weighted by Crippen LogP contribution is 2.21. The molecule has 0 radical (unpaired) electrons. The van der Waals surface area contributed by atoms with E-state index >= 15 is 0 Å². The Bertz CT molecular complexity index is 1090. The van der Waals surface area contributed by atoms with Gasteiger partial charge in [-0.25, -0.2) is 8.42 Å². The van der Waals surface area contributed by atoms with Gasteiger partial charge in [0, 0.05) is 18.8 Å². The van der Waals surface area contributed by atoms with Gasteiger partial charge in [-0.15, -0.1) is 0 Å². The zero-order valence-corrected chi connectivity index (χ0v) is 17.7. The van der Waals surface area contributed by atoms with Crippen LogP contribution < -0.4 is 10.1 Å². The van der Waals surface area contributed by atoms with Crippen molar-refractivity contribution in [2.75, 3.05) is 18.4 Å². The quantitative estimate of drug-likeness (QED) is 0.463. The van der Waals surface area contributed by atoms with Crippen molar-refractivity contribution in [2.45, 2.75) is 25.4 Å². The molecule has 1 N–H and O–H groups in total. The van der Waals surface area contributed by atoms with Gasteiger partial charge in [0.25, 0.3) is 5.91 Å². The third-order valence-corrected chi connectivity index (χ3v) is 6.26. The summed E-state index contributed by atoms with van der Waals surface area (Å²) in [5.41, 5.74) is 0.380. The van der Waals surface area contributed by atoms with Gasteiger partial charge >= 0.3 is 6.61 Å². The number of sulfonamides is 1. The molecule has 0 saturated carbocycles. The molecule has 0 bridgehead atoms. The van der Waals surface area contributed by atoms with Crippen LogP contribution in [0, 0.1) is 11.3 Å². The Morgan fingerprint density at radius 2 is 1.84 bits per heavy atom. The van der Waals surface area contributed by atoms with Crippen LogP contribution in [0.25, 0.3) is 6.08 Å². The molecule has 10 heteroatoms. The van der Waals surface area contributed by atoms with Crippen LogP contribution in [0.2, 0.25) is 0 Å². The SMILES string of the molecule is CCN(CC)S(=O)(=O)c1cccc(NC(=O)C(C#N)=Cc2ccc(OC(F)F)cc2)c1. The van der Waals surface area contributed by atoms with Gasteiger partial charge in [-0.3, -0.25) is 4.79 Å². The summed E-state index contributed by atoms with van der Waals surface area (Å²) in [6.45, 7) is 1.10. The molecule has 0 aromatic heterocycles. The van der Waals surface area contributed by atoms with Crippen molar-refractivity contribution in [1.82, 2.24) is 4.31 Å². The van der Waals surface area contributed by atoms with Gasteiger partial charge in [0.1, 0.15) is 17.4 Å². The molecule has 7 nitrogen and oxygen atoms in total. The first-order valence-electron chi connectivity index (χ1n) is 9.29. The minimum absolute atomic E-state index is 0.0195. The molecule has 2 aromatic rings. The van der Waals surface area contributed by atoms with E-state index in [0.29, 0.717) is 18.7 Å². The van der Waals surface area contributed by atoms with E-state index in [4.69, 9.17) is 0 Å². The number of benzene rings is 2. The number of rotatable bonds is 9. The highest BCUT2D eigenvalue weighted by Gasteiger charge is 2.22. The van der Waals surface area contributed by atoms with E-state index in [0.717, 1.165) is 0 Å². The monoisotopic (exact) mass is 449 g/mol. The number of nitriles is 1. The maximum Gasteiger partial charge on any atom is 0.387 e. The number of nitrogens with one attached hydrogen (secondary N) is 1. The van der Waals surface area contributed by atoms with E-state index in [1.165, 1.54) is 58.9 Å². The lowest BCUT2D eigenvalue weighted by atomic mass is 10.1. The van der Waals surface area contributed by atoms with E-state index in [1.807, 2.05) is 0 Å². The first kappa shape index (κ1) is 24.0. The van der Waals surface area contributed by atoms with Gasteiger partial charge in [0.05, 0.1) is 4.90 Å². The maximum atomic E-state index is 12.7. The van der Waals surface area contributed by atoms with Crippen LogP contribution in [-0.4, -0.2) is 38.3 Å². The molecular formula is C21H21F2N3O4S. The summed E-state index contributed by atoms with van der Waals surface area (Å²) in [5, 5.41) is 11.8. The van der Waals surface area contributed by atoms with Crippen LogP contribution in [0.4, 0.5) is 14.5 Å². The number of hydrogen-bond donors (Lipinski definition) is 1. The molecule has 0 unspecified atom stereocenters. The first-order valence-corrected chi connectivity index (χ1v) is 10.7. The Kier molecular flexibility index (Phi) is 8.24. The summed E-state index contributed by atoms with van der Waals surface area (Å²) in [4.78, 5) is 12.5. The maximum absolute atomic E-state index is 12.7. The normalized spacial score (nSPS) is 12.0. The molecule has 1 amide bonds. The van der Waals surface area contributed by atoms with Crippen molar-refractivity contribution in [1.29, 1.82) is 5.26 Å². The Morgan fingerprint density at radius 3 is 2.39 bits per heavy atom. The van der Waals surface area contributed by atoms with Crippen LogP contribution in [0.5, 0.6) is 5.75 Å². The summed E-state index contributed by atoms with van der Waals surface area (Å²) < 4.78 is 55.3. The fourth-order valence-electron chi connectivity index (χ4n) is 2.71. The fraction of sp³-hybridized carbons (Fsp3) is 0.238. The lowest BCUT2D eigenvalue weighted by molar-refractivity contribution is -0.112. The Balaban J connectivity index is 2.21. The Morgan fingerprint density at radius 1 is 1.19 bits per heavy atom. The largest absolute Gasteiger partial charge is 0.435 e. The molecule has 2 aromatic carbocycles. The standard InChI is InChI=1S/C21H21F2N3O4S/c1-3-26(4-2)31(28,29)19-7-5-6-17(13-19)25-20(27)16(14-24)12-15-8-10-18(11-9-15)30-21(22)23/h5-13,21H,3-4H2,1-2H3,(H,25,27). The molecule has 31 heavy (non-hydrogen) atoms. The number of amides is 1. The minimum Gasteiger partial charge on any atom is -0.435 e. The molecular weight excluding hydrogens is 428 g/mol. The highest BCUT2D eigenvalue weighted by atomic mass is 32.2. The van der Waals surface area contributed by atoms with Crippen molar-refractivity contribution in [3.8, 4) is 11.8 Å². The van der Waals surface area contributed by atoms with E-state index in [9.17, 15) is 27.3 Å². The van der Waals surface area contributed by atoms with E-state index in [1.54, 1.807) is 19.9 Å². The second-order valence-corrected chi connectivity index (χ2v) is 8.13. The Hall–Kier alpha value is -3.29. The van der Waals surface area contributed by atoms with E-state index in [-0.39, 0.29) is 21.9 Å². The van der Waals surface area contributed by atoms with Crippen LogP contribution in [-0.2, 0) is 14.8 Å². The number of alkyl halides is 2. The molecule has 0 aliphatic heterocycles. The topological polar surface area (TPSA) is 99.5 Å². The average Bonchev–Trinajstić information content (AvgIpc) is 2.73. The lowest BCUT2D eigenvalue weighted by Gasteiger charge is -2.18. The molecule has 0 aliphatic rings. The lowest BCUT2D eigenvalue weighted by Crippen LogP contribution is -2.30. The van der Waals surface area contributed by atoms with Crippen LogP contribution in [0.15, 0.2) is 59.0 Å². The average molecular weight is 449 g/mol. The summed E-state index contributed by atoms with van der Waals surface area (Å²) in [5.74, 6) is -0.797. The molecule has 0 atom stereocenters. The molecule has 0 heterocycles. The number of carbonyl (C=O) groups excluding carboxylic acids is 1. The van der Waals surface area contributed by atoms with Crippen molar-refractivity contribution in [3.05, 3.63) is 59.7 Å². The predicted molar refractivity (Wildman–Crippen MR) is 112 cm³/mol. The fourth-order valence-corrected chi connectivity index (χ4v) is 4.21. The van der Waals surface area contributed by atoms with Crippen LogP contribution in [0.1, 0.15) is 19.4 Å². The number of nitrogens with zero attached hydrogens (tertiary/aromatic N) is 2. The van der Waals surface area contributed by atoms with Gasteiger partial charge in [0.15, 0.2) is 0 Å². The second-order valence-electron chi connectivity index (χ2n) is 6.19. The van der Waals surface area contributed by atoms with Gasteiger partial charge in [-0.2, -0.15) is 18.3 Å². The van der Waals surface area contributed by atoms with Gasteiger partial charge in [-0.1, -0.05) is 32.0 Å². The number of ether oxygens (including phenoxy) is 1. The molecule has 2 rings (SSSR count). The van der Waals surface area contributed by atoms with Gasteiger partial charge < -0.3 is 10.1 Å². The Labute approximate surface area is 179 Å². The van der Waals surface area contributed by atoms with Crippen molar-refractivity contribution in [2.24, 2.45) is 0 Å². The zero-order valence-electron chi connectivity index (χ0n) is 16.9. The molecule has 164 valence electrons. The second kappa shape index (κ2) is 10.7. The van der Waals surface area contributed by atoms with Crippen LogP contribution in [0.3, 0.4) is 0 Å². The number of carbonyl (C=O) groups is 1. The third kappa shape index (κ3) is 6.34. The van der Waals surface area contributed by atoms with Crippen LogP contribution >= 0.6 is 0 Å². The van der Waals surface area contributed by atoms with Crippen molar-refractivity contribution >= 4 is 27.7 Å². The highest BCUT2D eigenvalue weighted by molar-refractivity contribution is 7.89. The number of hydrogen-bond acceptors (Lipinski definition) is 5. The van der Waals surface area contributed by atoms with E-state index in [2.05, 4.69) is 10.1 Å². The molecule has 0 spiro atoms. The number of anilines is 1. The zero-order chi connectivity index (χ0) is 23.0. The van der Waals surface area contributed by atoms with Crippen molar-refractivity contribution in [3.63, 3.8) is 0 Å². The first-order chi connectivity index (χ1) is 14.7. The van der Waals surface area contributed by atoms with Gasteiger partial charge in [0.2, 0.25) is 10.0 Å². The summed E-state index contributed by atoms with van der Waals surface area (Å²) in [7, 11) is -3.71. The van der Waals surface area contributed by atoms with Crippen molar-refractivity contribution < 1.29 is 26.7 Å². The summed E-state index contributed by atoms with van der Waals surface area (Å²) >= 11 is 0. The predicted octanol–water partition coefficient (Wildman–Crippen LogP) is 3.86. The minimum atomic E-state index is -3.71. The third-order valence-electron chi connectivity index (χ3n) is 4.22. The summed E-state index contributed by atoms with van der Waals surface area (Å²) in [6.07, 6.45) is 1.28. The molecule has 0 fully saturated rings.